The molecule has 1 aliphatic rings. The number of anilines is 1. The highest BCUT2D eigenvalue weighted by Gasteiger charge is 2.27. The Morgan fingerprint density at radius 2 is 1.86 bits per heavy atom. The predicted molar refractivity (Wildman–Crippen MR) is 110 cm³/mol. The van der Waals surface area contributed by atoms with Gasteiger partial charge >= 0.3 is 0 Å². The first-order valence-corrected chi connectivity index (χ1v) is 9.44. The van der Waals surface area contributed by atoms with Crippen LogP contribution in [0.3, 0.4) is 0 Å². The summed E-state index contributed by atoms with van der Waals surface area (Å²) in [6.07, 6.45) is 0.769. The van der Waals surface area contributed by atoms with Crippen molar-refractivity contribution in [3.63, 3.8) is 0 Å². The lowest BCUT2D eigenvalue weighted by atomic mass is 9.97. The number of carbonyl (C=O) groups excluding carboxylic acids is 1. The summed E-state index contributed by atoms with van der Waals surface area (Å²) in [6, 6.07) is 7.41. The van der Waals surface area contributed by atoms with Gasteiger partial charge in [0.15, 0.2) is 11.5 Å². The maximum absolute atomic E-state index is 12.8. The summed E-state index contributed by atoms with van der Waals surface area (Å²) in [5, 5.41) is 13.9. The third-order valence-electron chi connectivity index (χ3n) is 5.09. The molecule has 0 unspecified atom stereocenters. The number of methoxy groups -OCH3 is 2. The average molecular weight is 420 g/mol. The Balaban J connectivity index is 1.75. The van der Waals surface area contributed by atoms with Gasteiger partial charge in [-0.15, -0.1) is 0 Å². The number of rotatable bonds is 6. The molecule has 0 radical (unpaired) electrons. The lowest BCUT2D eigenvalue weighted by Gasteiger charge is -2.33. The molecule has 1 amide bonds. The SMILES string of the molecule is COc1cc2c(cc1OC)CN([C@@H](C)C(=O)Nc1cc([N+](=O)[O-])ccc1Cl)CC2. The van der Waals surface area contributed by atoms with E-state index < -0.39 is 11.0 Å². The second-order valence-electron chi connectivity index (χ2n) is 6.78. The molecule has 0 fully saturated rings. The fourth-order valence-electron chi connectivity index (χ4n) is 3.36. The summed E-state index contributed by atoms with van der Waals surface area (Å²) >= 11 is 6.09. The van der Waals surface area contributed by atoms with Crippen LogP contribution in [0.2, 0.25) is 5.02 Å². The number of non-ortho nitro benzene ring substituents is 1. The van der Waals surface area contributed by atoms with Gasteiger partial charge in [0.25, 0.3) is 5.69 Å². The summed E-state index contributed by atoms with van der Waals surface area (Å²) < 4.78 is 10.7. The van der Waals surface area contributed by atoms with Gasteiger partial charge in [-0.3, -0.25) is 19.8 Å². The van der Waals surface area contributed by atoms with E-state index in [0.717, 1.165) is 17.5 Å². The number of hydrogen-bond donors (Lipinski definition) is 1. The molecule has 0 saturated heterocycles. The number of halogens is 1. The zero-order valence-electron chi connectivity index (χ0n) is 16.4. The number of amides is 1. The molecule has 1 N–H and O–H groups in total. The van der Waals surface area contributed by atoms with Gasteiger partial charge in [-0.05, 0) is 42.7 Å². The van der Waals surface area contributed by atoms with E-state index in [1.807, 2.05) is 17.0 Å². The topological polar surface area (TPSA) is 93.9 Å². The first kappa shape index (κ1) is 20.9. The zero-order valence-corrected chi connectivity index (χ0v) is 17.2. The van der Waals surface area contributed by atoms with Crippen LogP contribution in [0.1, 0.15) is 18.1 Å². The summed E-state index contributed by atoms with van der Waals surface area (Å²) in [5.41, 5.74) is 2.32. The van der Waals surface area contributed by atoms with Gasteiger partial charge in [0.2, 0.25) is 5.91 Å². The van der Waals surface area contributed by atoms with Crippen molar-refractivity contribution >= 4 is 28.9 Å². The van der Waals surface area contributed by atoms with E-state index in [1.165, 1.54) is 18.2 Å². The Bertz CT molecular complexity index is 950. The molecule has 154 valence electrons. The minimum absolute atomic E-state index is 0.134. The fraction of sp³-hybridized carbons (Fsp3) is 0.350. The van der Waals surface area contributed by atoms with Crippen molar-refractivity contribution in [1.82, 2.24) is 4.90 Å². The van der Waals surface area contributed by atoms with Crippen molar-refractivity contribution in [2.24, 2.45) is 0 Å². The first-order chi connectivity index (χ1) is 13.8. The van der Waals surface area contributed by atoms with E-state index in [4.69, 9.17) is 21.1 Å². The lowest BCUT2D eigenvalue weighted by molar-refractivity contribution is -0.384. The second-order valence-corrected chi connectivity index (χ2v) is 7.19. The van der Waals surface area contributed by atoms with E-state index in [-0.39, 0.29) is 22.3 Å². The predicted octanol–water partition coefficient (Wildman–Crippen LogP) is 3.65. The molecule has 2 aromatic rings. The van der Waals surface area contributed by atoms with Crippen LogP contribution in [0.25, 0.3) is 0 Å². The third-order valence-corrected chi connectivity index (χ3v) is 5.42. The molecule has 1 atom stereocenters. The number of benzene rings is 2. The summed E-state index contributed by atoms with van der Waals surface area (Å²) in [7, 11) is 3.19. The molecular weight excluding hydrogens is 398 g/mol. The molecule has 0 aromatic heterocycles. The largest absolute Gasteiger partial charge is 0.493 e. The van der Waals surface area contributed by atoms with Gasteiger partial charge in [0, 0.05) is 25.2 Å². The molecule has 0 spiro atoms. The molecular formula is C20H22ClN3O5. The first-order valence-electron chi connectivity index (χ1n) is 9.06. The monoisotopic (exact) mass is 419 g/mol. The lowest BCUT2D eigenvalue weighted by Crippen LogP contribution is -2.44. The van der Waals surface area contributed by atoms with Gasteiger partial charge in [0.05, 0.1) is 35.9 Å². The molecule has 9 heteroatoms. The number of nitro benzene ring substituents is 1. The van der Waals surface area contributed by atoms with Gasteiger partial charge in [-0.1, -0.05) is 11.6 Å². The van der Waals surface area contributed by atoms with Crippen LogP contribution >= 0.6 is 11.6 Å². The van der Waals surface area contributed by atoms with Gasteiger partial charge < -0.3 is 14.8 Å². The minimum atomic E-state index is -0.529. The number of fused-ring (bicyclic) bond motifs is 1. The van der Waals surface area contributed by atoms with E-state index in [9.17, 15) is 14.9 Å². The molecule has 0 saturated carbocycles. The van der Waals surface area contributed by atoms with Crippen molar-refractivity contribution in [3.05, 3.63) is 56.6 Å². The maximum atomic E-state index is 12.8. The van der Waals surface area contributed by atoms with Crippen LogP contribution in [0.5, 0.6) is 11.5 Å². The highest BCUT2D eigenvalue weighted by Crippen LogP contribution is 2.34. The van der Waals surface area contributed by atoms with Crippen LogP contribution in [-0.2, 0) is 17.8 Å². The normalized spacial score (nSPS) is 14.6. The summed E-state index contributed by atoms with van der Waals surface area (Å²) in [4.78, 5) is 25.2. The van der Waals surface area contributed by atoms with Crippen LogP contribution < -0.4 is 14.8 Å². The number of hydrogen-bond acceptors (Lipinski definition) is 6. The molecule has 29 heavy (non-hydrogen) atoms. The fourth-order valence-corrected chi connectivity index (χ4v) is 3.53. The van der Waals surface area contributed by atoms with Gasteiger partial charge in [0.1, 0.15) is 0 Å². The highest BCUT2D eigenvalue weighted by atomic mass is 35.5. The molecule has 3 rings (SSSR count). The van der Waals surface area contributed by atoms with Crippen molar-refractivity contribution in [2.45, 2.75) is 25.9 Å². The van der Waals surface area contributed by atoms with Crippen LogP contribution in [0, 0.1) is 10.1 Å². The molecule has 8 nitrogen and oxygen atoms in total. The number of nitrogens with zero attached hydrogens (tertiary/aromatic N) is 2. The summed E-state index contributed by atoms with van der Waals surface area (Å²) in [5.74, 6) is 1.05. The Morgan fingerprint density at radius 3 is 2.48 bits per heavy atom. The summed E-state index contributed by atoms with van der Waals surface area (Å²) in [6.45, 7) is 3.07. The van der Waals surface area contributed by atoms with Crippen molar-refractivity contribution in [2.75, 3.05) is 26.1 Å². The molecule has 1 heterocycles. The molecule has 2 aromatic carbocycles. The van der Waals surface area contributed by atoms with Crippen molar-refractivity contribution in [3.8, 4) is 11.5 Å². The van der Waals surface area contributed by atoms with Crippen LogP contribution in [0.15, 0.2) is 30.3 Å². The van der Waals surface area contributed by atoms with Gasteiger partial charge in [-0.25, -0.2) is 0 Å². The van der Waals surface area contributed by atoms with Crippen molar-refractivity contribution < 1.29 is 19.2 Å². The zero-order chi connectivity index (χ0) is 21.1. The molecule has 1 aliphatic heterocycles. The van der Waals surface area contributed by atoms with E-state index in [2.05, 4.69) is 5.32 Å². The highest BCUT2D eigenvalue weighted by molar-refractivity contribution is 6.33. The Labute approximate surface area is 173 Å². The maximum Gasteiger partial charge on any atom is 0.271 e. The van der Waals surface area contributed by atoms with E-state index in [0.29, 0.717) is 24.6 Å². The smallest absolute Gasteiger partial charge is 0.271 e. The number of nitro groups is 1. The van der Waals surface area contributed by atoms with Crippen LogP contribution in [0.4, 0.5) is 11.4 Å². The minimum Gasteiger partial charge on any atom is -0.493 e. The Hall–Kier alpha value is -2.84. The van der Waals surface area contributed by atoms with Crippen molar-refractivity contribution in [1.29, 1.82) is 0 Å². The molecule has 0 aliphatic carbocycles. The standard InChI is InChI=1S/C20H22ClN3O5/c1-12(20(25)22-17-10-15(24(26)27)4-5-16(17)21)23-7-6-13-8-18(28-2)19(29-3)9-14(13)11-23/h4-5,8-10,12H,6-7,11H2,1-3H3,(H,22,25)/t12-/m0/s1. The Kier molecular flexibility index (Phi) is 6.24. The Morgan fingerprint density at radius 1 is 1.21 bits per heavy atom. The second kappa shape index (κ2) is 8.67. The quantitative estimate of drug-likeness (QED) is 0.567. The third kappa shape index (κ3) is 4.44. The number of nitrogens with one attached hydrogen (secondary N) is 1. The van der Waals surface area contributed by atoms with Crippen LogP contribution in [-0.4, -0.2) is 42.5 Å². The average Bonchev–Trinajstić information content (AvgIpc) is 2.72. The number of ether oxygens (including phenoxy) is 2. The number of carbonyl (C=O) groups is 1. The molecule has 0 bridgehead atoms. The van der Waals surface area contributed by atoms with E-state index in [1.54, 1.807) is 21.1 Å². The van der Waals surface area contributed by atoms with E-state index >= 15 is 0 Å². The van der Waals surface area contributed by atoms with Gasteiger partial charge in [-0.2, -0.15) is 0 Å².